The van der Waals surface area contributed by atoms with Gasteiger partial charge in [-0.1, -0.05) is 13.0 Å². The summed E-state index contributed by atoms with van der Waals surface area (Å²) in [5.41, 5.74) is 2.58. The molecule has 2 fully saturated rings. The molecule has 1 heterocycles. The van der Waals surface area contributed by atoms with Crippen LogP contribution in [0, 0.1) is 5.92 Å². The highest BCUT2D eigenvalue weighted by Gasteiger charge is 2.34. The maximum absolute atomic E-state index is 9.92. The van der Waals surface area contributed by atoms with Crippen LogP contribution < -0.4 is 5.32 Å². The number of hydrogen-bond donors (Lipinski definition) is 2. The zero-order valence-corrected chi connectivity index (χ0v) is 9.71. The van der Waals surface area contributed by atoms with E-state index in [2.05, 4.69) is 18.3 Å². The van der Waals surface area contributed by atoms with E-state index in [1.54, 1.807) is 0 Å². The second-order valence-corrected chi connectivity index (χ2v) is 4.61. The SMILES string of the molecule is C/C=C1/C[C@H]2CCN[C@@H]2C/C1=C(\O)CC. The molecule has 0 radical (unpaired) electrons. The minimum Gasteiger partial charge on any atom is -0.512 e. The molecule has 15 heavy (non-hydrogen) atoms. The molecule has 2 N–H and O–H groups in total. The Morgan fingerprint density at radius 2 is 2.33 bits per heavy atom. The fraction of sp³-hybridized carbons (Fsp3) is 0.692. The van der Waals surface area contributed by atoms with Crippen LogP contribution >= 0.6 is 0 Å². The third kappa shape index (κ3) is 1.96. The summed E-state index contributed by atoms with van der Waals surface area (Å²) in [6.07, 6.45) is 6.39. The Bertz CT molecular complexity index is 304. The standard InChI is InChI=1S/C13H21NO/c1-3-9-7-10-5-6-14-12(10)8-11(9)13(15)4-2/h3,10,12,14-15H,4-8H2,1-2H3/b9-3-,13-11+/t10-,12-/m1/s1. The smallest absolute Gasteiger partial charge is 0.0954 e. The average Bonchev–Trinajstić information content (AvgIpc) is 2.73. The summed E-state index contributed by atoms with van der Waals surface area (Å²) in [6.45, 7) is 5.25. The van der Waals surface area contributed by atoms with Crippen molar-refractivity contribution in [2.75, 3.05) is 6.54 Å². The lowest BCUT2D eigenvalue weighted by molar-refractivity contribution is 0.360. The van der Waals surface area contributed by atoms with Crippen molar-refractivity contribution in [2.45, 2.75) is 45.6 Å². The predicted octanol–water partition coefficient (Wildman–Crippen LogP) is 2.93. The number of aliphatic hydroxyl groups is 1. The molecule has 2 atom stereocenters. The van der Waals surface area contributed by atoms with Crippen LogP contribution in [0.25, 0.3) is 0 Å². The number of rotatable bonds is 1. The highest BCUT2D eigenvalue weighted by molar-refractivity contribution is 5.37. The molecule has 0 bridgehead atoms. The average molecular weight is 207 g/mol. The molecule has 1 saturated heterocycles. The van der Waals surface area contributed by atoms with E-state index < -0.39 is 0 Å². The van der Waals surface area contributed by atoms with Gasteiger partial charge in [-0.3, -0.25) is 0 Å². The first-order valence-corrected chi connectivity index (χ1v) is 6.06. The minimum atomic E-state index is 0.593. The molecule has 2 heteroatoms. The Morgan fingerprint density at radius 1 is 1.53 bits per heavy atom. The lowest BCUT2D eigenvalue weighted by atomic mass is 9.78. The van der Waals surface area contributed by atoms with Gasteiger partial charge in [0.15, 0.2) is 0 Å². The van der Waals surface area contributed by atoms with E-state index >= 15 is 0 Å². The monoisotopic (exact) mass is 207 g/mol. The maximum Gasteiger partial charge on any atom is 0.0954 e. The molecule has 0 amide bonds. The molecule has 1 aliphatic carbocycles. The molecule has 0 aromatic heterocycles. The van der Waals surface area contributed by atoms with E-state index in [1.165, 1.54) is 17.6 Å². The van der Waals surface area contributed by atoms with Gasteiger partial charge in [0.05, 0.1) is 5.76 Å². The van der Waals surface area contributed by atoms with Crippen molar-refractivity contribution in [3.05, 3.63) is 23.0 Å². The zero-order chi connectivity index (χ0) is 10.8. The first-order valence-electron chi connectivity index (χ1n) is 6.06. The Labute approximate surface area is 92.1 Å². The fourth-order valence-electron chi connectivity index (χ4n) is 2.87. The van der Waals surface area contributed by atoms with E-state index in [1.807, 2.05) is 6.92 Å². The van der Waals surface area contributed by atoms with Gasteiger partial charge in [-0.15, -0.1) is 0 Å². The van der Waals surface area contributed by atoms with Crippen LogP contribution in [0.4, 0.5) is 0 Å². The molecule has 2 rings (SSSR count). The first kappa shape index (κ1) is 10.7. The van der Waals surface area contributed by atoms with E-state index in [4.69, 9.17) is 0 Å². The Morgan fingerprint density at radius 3 is 3.00 bits per heavy atom. The highest BCUT2D eigenvalue weighted by atomic mass is 16.3. The van der Waals surface area contributed by atoms with Crippen LogP contribution in [0.15, 0.2) is 23.0 Å². The molecule has 0 aromatic rings. The van der Waals surface area contributed by atoms with Crippen LogP contribution in [0.3, 0.4) is 0 Å². The van der Waals surface area contributed by atoms with Crippen molar-refractivity contribution >= 4 is 0 Å². The Hall–Kier alpha value is -0.760. The third-order valence-electron chi connectivity index (χ3n) is 3.82. The summed E-state index contributed by atoms with van der Waals surface area (Å²) in [5, 5.41) is 13.5. The summed E-state index contributed by atoms with van der Waals surface area (Å²) < 4.78 is 0. The highest BCUT2D eigenvalue weighted by Crippen LogP contribution is 2.38. The summed E-state index contributed by atoms with van der Waals surface area (Å²) in [4.78, 5) is 0. The number of allylic oxidation sites excluding steroid dienone is 3. The number of hydrogen-bond acceptors (Lipinski definition) is 2. The number of nitrogens with one attached hydrogen (secondary N) is 1. The van der Waals surface area contributed by atoms with E-state index in [-0.39, 0.29) is 0 Å². The largest absolute Gasteiger partial charge is 0.512 e. The summed E-state index contributed by atoms with van der Waals surface area (Å²) in [6, 6.07) is 0.609. The van der Waals surface area contributed by atoms with Crippen LogP contribution in [0.1, 0.15) is 39.5 Å². The van der Waals surface area contributed by atoms with Crippen molar-refractivity contribution in [1.82, 2.24) is 5.32 Å². The molecular formula is C13H21NO. The molecule has 0 aromatic carbocycles. The molecule has 0 spiro atoms. The van der Waals surface area contributed by atoms with Gasteiger partial charge in [0.25, 0.3) is 0 Å². The van der Waals surface area contributed by atoms with Crippen LogP contribution in [-0.4, -0.2) is 17.7 Å². The normalized spacial score (nSPS) is 36.8. The molecule has 2 nitrogen and oxygen atoms in total. The second-order valence-electron chi connectivity index (χ2n) is 4.61. The molecular weight excluding hydrogens is 186 g/mol. The molecule has 1 aliphatic heterocycles. The summed E-state index contributed by atoms with van der Waals surface area (Å²) in [7, 11) is 0. The van der Waals surface area contributed by atoms with Gasteiger partial charge in [0, 0.05) is 12.5 Å². The first-order chi connectivity index (χ1) is 7.26. The fourth-order valence-corrected chi connectivity index (χ4v) is 2.87. The van der Waals surface area contributed by atoms with Gasteiger partial charge >= 0.3 is 0 Å². The summed E-state index contributed by atoms with van der Waals surface area (Å²) in [5.74, 6) is 1.39. The van der Waals surface area contributed by atoms with Gasteiger partial charge in [0.1, 0.15) is 0 Å². The van der Waals surface area contributed by atoms with Crippen LogP contribution in [0.5, 0.6) is 0 Å². The Kier molecular flexibility index (Phi) is 3.15. The van der Waals surface area contributed by atoms with Crippen molar-refractivity contribution in [3.63, 3.8) is 0 Å². The Balaban J connectivity index is 2.24. The lowest BCUT2D eigenvalue weighted by Crippen LogP contribution is -2.31. The van der Waals surface area contributed by atoms with Crippen molar-refractivity contribution in [2.24, 2.45) is 5.92 Å². The lowest BCUT2D eigenvalue weighted by Gasteiger charge is -2.30. The topological polar surface area (TPSA) is 32.3 Å². The van der Waals surface area contributed by atoms with Gasteiger partial charge in [-0.05, 0) is 49.8 Å². The van der Waals surface area contributed by atoms with E-state index in [9.17, 15) is 5.11 Å². The number of fused-ring (bicyclic) bond motifs is 1. The molecule has 84 valence electrons. The predicted molar refractivity (Wildman–Crippen MR) is 62.8 cm³/mol. The molecule has 1 saturated carbocycles. The van der Waals surface area contributed by atoms with Gasteiger partial charge in [-0.25, -0.2) is 0 Å². The van der Waals surface area contributed by atoms with Crippen molar-refractivity contribution < 1.29 is 5.11 Å². The third-order valence-corrected chi connectivity index (χ3v) is 3.82. The second kappa shape index (κ2) is 4.40. The molecule has 0 unspecified atom stereocenters. The van der Waals surface area contributed by atoms with Gasteiger partial charge < -0.3 is 10.4 Å². The van der Waals surface area contributed by atoms with E-state index in [0.29, 0.717) is 11.8 Å². The zero-order valence-electron chi connectivity index (χ0n) is 9.71. The van der Waals surface area contributed by atoms with Gasteiger partial charge in [0.2, 0.25) is 0 Å². The van der Waals surface area contributed by atoms with E-state index in [0.717, 1.165) is 31.7 Å². The van der Waals surface area contributed by atoms with Crippen molar-refractivity contribution in [1.29, 1.82) is 0 Å². The summed E-state index contributed by atoms with van der Waals surface area (Å²) >= 11 is 0. The van der Waals surface area contributed by atoms with Crippen molar-refractivity contribution in [3.8, 4) is 0 Å². The van der Waals surface area contributed by atoms with Crippen LogP contribution in [0.2, 0.25) is 0 Å². The van der Waals surface area contributed by atoms with Crippen LogP contribution in [-0.2, 0) is 0 Å². The quantitative estimate of drug-likeness (QED) is 0.648. The molecule has 2 aliphatic rings. The maximum atomic E-state index is 9.92. The number of aliphatic hydroxyl groups excluding tert-OH is 1. The van der Waals surface area contributed by atoms with Gasteiger partial charge in [-0.2, -0.15) is 0 Å². The minimum absolute atomic E-state index is 0.593.